The lowest BCUT2D eigenvalue weighted by atomic mass is 10.1. The maximum Gasteiger partial charge on any atom is 0.229 e. The van der Waals surface area contributed by atoms with Gasteiger partial charge in [-0.1, -0.05) is 19.1 Å². The van der Waals surface area contributed by atoms with E-state index in [1.165, 1.54) is 0 Å². The second-order valence-electron chi connectivity index (χ2n) is 4.93. The first-order valence-electron chi connectivity index (χ1n) is 7.34. The molecule has 0 saturated carbocycles. The Kier molecular flexibility index (Phi) is 5.77. The third-order valence-corrected chi connectivity index (χ3v) is 3.13. The Hall–Kier alpha value is -2.56. The Morgan fingerprint density at radius 2 is 1.95 bits per heavy atom. The average Bonchev–Trinajstić information content (AvgIpc) is 2.55. The highest BCUT2D eigenvalue weighted by atomic mass is 16.5. The number of nitrogens with one attached hydrogen (secondary N) is 2. The van der Waals surface area contributed by atoms with E-state index in [2.05, 4.69) is 22.5 Å². The van der Waals surface area contributed by atoms with Gasteiger partial charge in [-0.05, 0) is 36.2 Å². The van der Waals surface area contributed by atoms with E-state index >= 15 is 0 Å². The molecule has 0 bridgehead atoms. The van der Waals surface area contributed by atoms with Crippen molar-refractivity contribution in [3.05, 3.63) is 48.2 Å². The van der Waals surface area contributed by atoms with Crippen molar-refractivity contribution in [1.82, 2.24) is 4.98 Å². The van der Waals surface area contributed by atoms with Crippen LogP contribution in [-0.4, -0.2) is 24.5 Å². The predicted molar refractivity (Wildman–Crippen MR) is 88.3 cm³/mol. The summed E-state index contributed by atoms with van der Waals surface area (Å²) in [6.07, 6.45) is 3.08. The minimum absolute atomic E-state index is 0.0908. The van der Waals surface area contributed by atoms with Crippen molar-refractivity contribution in [2.75, 3.05) is 24.3 Å². The topological polar surface area (TPSA) is 63.2 Å². The Morgan fingerprint density at radius 1 is 1.18 bits per heavy atom. The maximum atomic E-state index is 12.0. The molecule has 0 radical (unpaired) electrons. The van der Waals surface area contributed by atoms with Crippen molar-refractivity contribution in [2.24, 2.45) is 0 Å². The summed E-state index contributed by atoms with van der Waals surface area (Å²) >= 11 is 0. The van der Waals surface area contributed by atoms with Gasteiger partial charge in [0.15, 0.2) is 0 Å². The first kappa shape index (κ1) is 15.8. The van der Waals surface area contributed by atoms with Gasteiger partial charge in [0.1, 0.15) is 11.6 Å². The molecule has 0 aliphatic rings. The monoisotopic (exact) mass is 299 g/mol. The van der Waals surface area contributed by atoms with Crippen molar-refractivity contribution in [3.63, 3.8) is 0 Å². The Balaban J connectivity index is 1.88. The number of hydrogen-bond donors (Lipinski definition) is 2. The van der Waals surface area contributed by atoms with E-state index in [0.29, 0.717) is 12.2 Å². The molecule has 0 saturated heterocycles. The molecule has 5 heteroatoms. The van der Waals surface area contributed by atoms with Gasteiger partial charge >= 0.3 is 0 Å². The highest BCUT2D eigenvalue weighted by Crippen LogP contribution is 2.13. The zero-order valence-corrected chi connectivity index (χ0v) is 12.9. The minimum atomic E-state index is -0.0908. The fourth-order valence-corrected chi connectivity index (χ4v) is 1.96. The number of pyridine rings is 1. The van der Waals surface area contributed by atoms with E-state index in [1.807, 2.05) is 30.3 Å². The van der Waals surface area contributed by atoms with E-state index in [4.69, 9.17) is 4.74 Å². The van der Waals surface area contributed by atoms with Crippen LogP contribution in [0.15, 0.2) is 42.6 Å². The summed E-state index contributed by atoms with van der Waals surface area (Å²) in [5, 5.41) is 6.03. The van der Waals surface area contributed by atoms with E-state index < -0.39 is 0 Å². The standard InChI is InChI=1S/C17H21N3O2/c1-3-10-18-14-6-9-16(19-12-14)20-17(21)11-13-4-7-15(22-2)8-5-13/h4-9,12,18H,3,10-11H2,1-2H3,(H,19,20,21). The first-order valence-corrected chi connectivity index (χ1v) is 7.34. The lowest BCUT2D eigenvalue weighted by Gasteiger charge is -2.07. The minimum Gasteiger partial charge on any atom is -0.497 e. The molecule has 1 aromatic heterocycles. The number of carbonyl (C=O) groups is 1. The zero-order chi connectivity index (χ0) is 15.8. The fourth-order valence-electron chi connectivity index (χ4n) is 1.96. The molecule has 0 spiro atoms. The summed E-state index contributed by atoms with van der Waals surface area (Å²) in [4.78, 5) is 16.2. The van der Waals surface area contributed by atoms with Crippen LogP contribution in [0.1, 0.15) is 18.9 Å². The Labute approximate surface area is 130 Å². The summed E-state index contributed by atoms with van der Waals surface area (Å²) in [5.41, 5.74) is 1.88. The fraction of sp³-hybridized carbons (Fsp3) is 0.294. The van der Waals surface area contributed by atoms with Gasteiger partial charge < -0.3 is 15.4 Å². The molecule has 1 heterocycles. The highest BCUT2D eigenvalue weighted by molar-refractivity contribution is 5.91. The number of benzene rings is 1. The number of nitrogens with zero attached hydrogens (tertiary/aromatic N) is 1. The molecule has 1 aromatic carbocycles. The van der Waals surface area contributed by atoms with Crippen LogP contribution in [0.5, 0.6) is 5.75 Å². The molecule has 0 aliphatic carbocycles. The van der Waals surface area contributed by atoms with E-state index in [0.717, 1.165) is 30.0 Å². The molecule has 116 valence electrons. The van der Waals surface area contributed by atoms with Crippen LogP contribution < -0.4 is 15.4 Å². The maximum absolute atomic E-state index is 12.0. The number of carbonyl (C=O) groups excluding carboxylic acids is 1. The summed E-state index contributed by atoms with van der Waals surface area (Å²) in [7, 11) is 1.62. The second-order valence-corrected chi connectivity index (χ2v) is 4.93. The highest BCUT2D eigenvalue weighted by Gasteiger charge is 2.05. The van der Waals surface area contributed by atoms with Gasteiger partial charge in [0.25, 0.3) is 0 Å². The zero-order valence-electron chi connectivity index (χ0n) is 12.9. The molecule has 1 amide bonds. The number of ether oxygens (including phenoxy) is 1. The largest absolute Gasteiger partial charge is 0.497 e. The van der Waals surface area contributed by atoms with Crippen LogP contribution in [-0.2, 0) is 11.2 Å². The first-order chi connectivity index (χ1) is 10.7. The Bertz CT molecular complexity index is 594. The summed E-state index contributed by atoms with van der Waals surface area (Å²) in [6, 6.07) is 11.1. The van der Waals surface area contributed by atoms with Crippen LogP contribution in [0.3, 0.4) is 0 Å². The number of aromatic nitrogens is 1. The molecule has 0 atom stereocenters. The molecule has 0 fully saturated rings. The lowest BCUT2D eigenvalue weighted by molar-refractivity contribution is -0.115. The summed E-state index contributed by atoms with van der Waals surface area (Å²) in [5.74, 6) is 1.24. The van der Waals surface area contributed by atoms with Crippen LogP contribution in [0, 0.1) is 0 Å². The smallest absolute Gasteiger partial charge is 0.229 e. The molecule has 2 rings (SSSR count). The molecular formula is C17H21N3O2. The quantitative estimate of drug-likeness (QED) is 0.824. The van der Waals surface area contributed by atoms with Crippen molar-refractivity contribution >= 4 is 17.4 Å². The number of amides is 1. The molecule has 0 unspecified atom stereocenters. The van der Waals surface area contributed by atoms with Gasteiger partial charge in [0, 0.05) is 6.54 Å². The molecule has 22 heavy (non-hydrogen) atoms. The molecule has 0 aliphatic heterocycles. The number of rotatable bonds is 7. The number of anilines is 2. The molecule has 5 nitrogen and oxygen atoms in total. The van der Waals surface area contributed by atoms with Gasteiger partial charge in [-0.15, -0.1) is 0 Å². The summed E-state index contributed by atoms with van der Waals surface area (Å²) in [6.45, 7) is 3.01. The molecule has 2 aromatic rings. The van der Waals surface area contributed by atoms with Gasteiger partial charge in [-0.2, -0.15) is 0 Å². The van der Waals surface area contributed by atoms with Crippen LogP contribution >= 0.6 is 0 Å². The van der Waals surface area contributed by atoms with E-state index in [-0.39, 0.29) is 5.91 Å². The van der Waals surface area contributed by atoms with Gasteiger partial charge in [0.2, 0.25) is 5.91 Å². The second kappa shape index (κ2) is 8.02. The average molecular weight is 299 g/mol. The third kappa shape index (κ3) is 4.77. The van der Waals surface area contributed by atoms with Crippen molar-refractivity contribution in [3.8, 4) is 5.75 Å². The van der Waals surface area contributed by atoms with E-state index in [9.17, 15) is 4.79 Å². The normalized spacial score (nSPS) is 10.1. The van der Waals surface area contributed by atoms with Crippen LogP contribution in [0.25, 0.3) is 0 Å². The SMILES string of the molecule is CCCNc1ccc(NC(=O)Cc2ccc(OC)cc2)nc1. The van der Waals surface area contributed by atoms with Gasteiger partial charge in [-0.3, -0.25) is 4.79 Å². The van der Waals surface area contributed by atoms with Gasteiger partial charge in [-0.25, -0.2) is 4.98 Å². The van der Waals surface area contributed by atoms with Gasteiger partial charge in [0.05, 0.1) is 25.4 Å². The predicted octanol–water partition coefficient (Wildman–Crippen LogP) is 3.09. The number of hydrogen-bond acceptors (Lipinski definition) is 4. The number of methoxy groups -OCH3 is 1. The molecular weight excluding hydrogens is 278 g/mol. The van der Waals surface area contributed by atoms with E-state index in [1.54, 1.807) is 19.4 Å². The van der Waals surface area contributed by atoms with Crippen molar-refractivity contribution in [1.29, 1.82) is 0 Å². The van der Waals surface area contributed by atoms with Crippen LogP contribution in [0.4, 0.5) is 11.5 Å². The Morgan fingerprint density at radius 3 is 2.55 bits per heavy atom. The lowest BCUT2D eigenvalue weighted by Crippen LogP contribution is -2.15. The molecule has 2 N–H and O–H groups in total. The van der Waals surface area contributed by atoms with Crippen LogP contribution in [0.2, 0.25) is 0 Å². The van der Waals surface area contributed by atoms with Crippen molar-refractivity contribution in [2.45, 2.75) is 19.8 Å². The van der Waals surface area contributed by atoms with Crippen molar-refractivity contribution < 1.29 is 9.53 Å². The summed E-state index contributed by atoms with van der Waals surface area (Å²) < 4.78 is 5.09. The third-order valence-electron chi connectivity index (χ3n) is 3.13.